The predicted octanol–water partition coefficient (Wildman–Crippen LogP) is 0.294. The Morgan fingerprint density at radius 2 is 1.80 bits per heavy atom. The third-order valence-electron chi connectivity index (χ3n) is 0.831. The monoisotopic (exact) mass is 146 g/mol. The van der Waals surface area contributed by atoms with Gasteiger partial charge in [0.2, 0.25) is 5.76 Å². The summed E-state index contributed by atoms with van der Waals surface area (Å²) in [5.41, 5.74) is 0. The van der Waals surface area contributed by atoms with Gasteiger partial charge in [0.1, 0.15) is 6.26 Å². The zero-order chi connectivity index (χ0) is 7.98. The Hall–Kier alpha value is -1.19. The summed E-state index contributed by atoms with van der Waals surface area (Å²) in [6.45, 7) is 0. The molecule has 0 amide bonds. The smallest absolute Gasteiger partial charge is 0.376 e. The number of esters is 1. The van der Waals surface area contributed by atoms with Crippen LogP contribution in [0.1, 0.15) is 0 Å². The zero-order valence-corrected chi connectivity index (χ0v) is 6.21. The second kappa shape index (κ2) is 4.67. The van der Waals surface area contributed by atoms with Crippen molar-refractivity contribution in [2.45, 2.75) is 0 Å². The van der Waals surface area contributed by atoms with E-state index >= 15 is 0 Å². The summed E-state index contributed by atoms with van der Waals surface area (Å²) in [6.07, 6.45) is 1.17. The van der Waals surface area contributed by atoms with Gasteiger partial charge in [0.25, 0.3) is 0 Å². The van der Waals surface area contributed by atoms with Gasteiger partial charge in [-0.1, -0.05) is 0 Å². The Morgan fingerprint density at radius 1 is 1.20 bits per heavy atom. The maximum absolute atomic E-state index is 10.6. The molecule has 0 fully saturated rings. The summed E-state index contributed by atoms with van der Waals surface area (Å²) in [6, 6.07) is 0. The fraction of sp³-hybridized carbons (Fsp3) is 0.500. The highest BCUT2D eigenvalue weighted by Crippen LogP contribution is 1.96. The van der Waals surface area contributed by atoms with Crippen molar-refractivity contribution < 1.29 is 19.0 Å². The SMILES string of the molecule is CO/C=C(/OC)C(=O)OC. The first-order valence-electron chi connectivity index (χ1n) is 2.61. The lowest BCUT2D eigenvalue weighted by atomic mass is 10.5. The van der Waals surface area contributed by atoms with E-state index in [1.165, 1.54) is 27.6 Å². The van der Waals surface area contributed by atoms with E-state index in [1.807, 2.05) is 0 Å². The van der Waals surface area contributed by atoms with Crippen LogP contribution < -0.4 is 0 Å². The van der Waals surface area contributed by atoms with Gasteiger partial charge in [0.15, 0.2) is 0 Å². The average molecular weight is 146 g/mol. The second-order valence-electron chi connectivity index (χ2n) is 1.41. The maximum Gasteiger partial charge on any atom is 0.376 e. The van der Waals surface area contributed by atoms with Crippen molar-refractivity contribution >= 4 is 5.97 Å². The van der Waals surface area contributed by atoms with Gasteiger partial charge in [0.05, 0.1) is 21.3 Å². The van der Waals surface area contributed by atoms with E-state index in [0.29, 0.717) is 0 Å². The third-order valence-corrected chi connectivity index (χ3v) is 0.831. The molecule has 0 rings (SSSR count). The molecule has 0 heterocycles. The van der Waals surface area contributed by atoms with Crippen LogP contribution in [0, 0.1) is 0 Å². The molecule has 0 aliphatic carbocycles. The van der Waals surface area contributed by atoms with Crippen molar-refractivity contribution in [1.82, 2.24) is 0 Å². The van der Waals surface area contributed by atoms with Crippen LogP contribution in [-0.4, -0.2) is 27.3 Å². The van der Waals surface area contributed by atoms with Crippen molar-refractivity contribution in [2.24, 2.45) is 0 Å². The Balaban J connectivity index is 4.06. The van der Waals surface area contributed by atoms with E-state index in [-0.39, 0.29) is 5.76 Å². The van der Waals surface area contributed by atoms with Crippen LogP contribution in [0.3, 0.4) is 0 Å². The van der Waals surface area contributed by atoms with Crippen molar-refractivity contribution in [3.8, 4) is 0 Å². The van der Waals surface area contributed by atoms with Crippen molar-refractivity contribution in [3.63, 3.8) is 0 Å². The van der Waals surface area contributed by atoms with Crippen LogP contribution in [0.4, 0.5) is 0 Å². The fourth-order valence-electron chi connectivity index (χ4n) is 0.387. The number of methoxy groups -OCH3 is 3. The zero-order valence-electron chi connectivity index (χ0n) is 6.21. The maximum atomic E-state index is 10.6. The largest absolute Gasteiger partial charge is 0.500 e. The van der Waals surface area contributed by atoms with E-state index in [2.05, 4.69) is 14.2 Å². The Morgan fingerprint density at radius 3 is 2.10 bits per heavy atom. The molecular weight excluding hydrogens is 136 g/mol. The summed E-state index contributed by atoms with van der Waals surface area (Å²) < 4.78 is 13.5. The van der Waals surface area contributed by atoms with E-state index in [4.69, 9.17) is 0 Å². The summed E-state index contributed by atoms with van der Waals surface area (Å²) in [7, 11) is 4.05. The first-order valence-corrected chi connectivity index (χ1v) is 2.61. The highest BCUT2D eigenvalue weighted by Gasteiger charge is 2.08. The van der Waals surface area contributed by atoms with Crippen LogP contribution in [0.15, 0.2) is 12.0 Å². The Kier molecular flexibility index (Phi) is 4.11. The number of carbonyl (C=O) groups excluding carboxylic acids is 1. The molecule has 0 N–H and O–H groups in total. The third kappa shape index (κ3) is 2.39. The van der Waals surface area contributed by atoms with Crippen LogP contribution in [0.5, 0.6) is 0 Å². The summed E-state index contributed by atoms with van der Waals surface area (Å²) in [4.78, 5) is 10.6. The molecule has 0 radical (unpaired) electrons. The highest BCUT2D eigenvalue weighted by molar-refractivity contribution is 5.85. The minimum absolute atomic E-state index is 0.0463. The molecule has 4 heteroatoms. The number of ether oxygens (including phenoxy) is 3. The quantitative estimate of drug-likeness (QED) is 0.326. The number of rotatable bonds is 3. The average Bonchev–Trinajstić information content (AvgIpc) is 1.99. The first-order chi connectivity index (χ1) is 4.76. The molecule has 0 aliphatic heterocycles. The molecule has 0 saturated heterocycles. The fourth-order valence-corrected chi connectivity index (χ4v) is 0.387. The van der Waals surface area contributed by atoms with Crippen molar-refractivity contribution in [2.75, 3.05) is 21.3 Å². The molecule has 0 saturated carbocycles. The van der Waals surface area contributed by atoms with E-state index in [0.717, 1.165) is 0 Å². The van der Waals surface area contributed by atoms with Crippen LogP contribution in [-0.2, 0) is 19.0 Å². The minimum Gasteiger partial charge on any atom is -0.500 e. The van der Waals surface area contributed by atoms with E-state index < -0.39 is 5.97 Å². The van der Waals surface area contributed by atoms with Gasteiger partial charge >= 0.3 is 5.97 Å². The standard InChI is InChI=1S/C6H10O4/c1-8-4-5(9-2)6(7)10-3/h4H,1-3H3/b5-4+. The van der Waals surface area contributed by atoms with Gasteiger partial charge < -0.3 is 14.2 Å². The first kappa shape index (κ1) is 8.81. The van der Waals surface area contributed by atoms with Crippen LogP contribution >= 0.6 is 0 Å². The normalized spacial score (nSPS) is 10.5. The van der Waals surface area contributed by atoms with Crippen LogP contribution in [0.25, 0.3) is 0 Å². The molecule has 0 aromatic rings. The molecule has 0 atom stereocenters. The molecule has 0 aromatic carbocycles. The van der Waals surface area contributed by atoms with Gasteiger partial charge in [-0.3, -0.25) is 0 Å². The summed E-state index contributed by atoms with van der Waals surface area (Å²) in [5, 5.41) is 0. The summed E-state index contributed by atoms with van der Waals surface area (Å²) in [5.74, 6) is -0.505. The molecule has 0 bridgehead atoms. The van der Waals surface area contributed by atoms with E-state index in [9.17, 15) is 4.79 Å². The Bertz CT molecular complexity index is 139. The van der Waals surface area contributed by atoms with Gasteiger partial charge in [-0.2, -0.15) is 0 Å². The summed E-state index contributed by atoms with van der Waals surface area (Å²) >= 11 is 0. The molecule has 10 heavy (non-hydrogen) atoms. The second-order valence-corrected chi connectivity index (χ2v) is 1.41. The number of hydrogen-bond acceptors (Lipinski definition) is 4. The highest BCUT2D eigenvalue weighted by atomic mass is 16.6. The predicted molar refractivity (Wildman–Crippen MR) is 34.1 cm³/mol. The minimum atomic E-state index is -0.552. The molecule has 0 unspecified atom stereocenters. The topological polar surface area (TPSA) is 44.8 Å². The van der Waals surface area contributed by atoms with Gasteiger partial charge in [-0.05, 0) is 0 Å². The number of carbonyl (C=O) groups is 1. The van der Waals surface area contributed by atoms with Gasteiger partial charge in [0, 0.05) is 0 Å². The lowest BCUT2D eigenvalue weighted by Gasteiger charge is -2.01. The molecular formula is C6H10O4. The molecule has 58 valence electrons. The lowest BCUT2D eigenvalue weighted by molar-refractivity contribution is -0.139. The molecule has 4 nitrogen and oxygen atoms in total. The molecule has 0 aromatic heterocycles. The van der Waals surface area contributed by atoms with Crippen molar-refractivity contribution in [1.29, 1.82) is 0 Å². The van der Waals surface area contributed by atoms with Crippen LogP contribution in [0.2, 0.25) is 0 Å². The van der Waals surface area contributed by atoms with Gasteiger partial charge in [-0.25, -0.2) is 4.79 Å². The van der Waals surface area contributed by atoms with Crippen molar-refractivity contribution in [3.05, 3.63) is 12.0 Å². The molecule has 0 aliphatic rings. The molecule has 0 spiro atoms. The Labute approximate surface area is 59.4 Å². The van der Waals surface area contributed by atoms with E-state index in [1.54, 1.807) is 0 Å². The lowest BCUT2D eigenvalue weighted by Crippen LogP contribution is -2.06. The van der Waals surface area contributed by atoms with Gasteiger partial charge in [-0.15, -0.1) is 0 Å². The number of hydrogen-bond donors (Lipinski definition) is 0.